The van der Waals surface area contributed by atoms with Crippen molar-refractivity contribution >= 4 is 17.3 Å². The van der Waals surface area contributed by atoms with Crippen LogP contribution < -0.4 is 10.6 Å². The maximum absolute atomic E-state index is 10.7. The fourth-order valence-electron chi connectivity index (χ4n) is 1.98. The topological polar surface area (TPSA) is 85.3 Å². The zero-order chi connectivity index (χ0) is 13.3. The van der Waals surface area contributed by atoms with E-state index in [1.54, 1.807) is 6.07 Å². The van der Waals surface area contributed by atoms with Gasteiger partial charge >= 0.3 is 5.69 Å². The average Bonchev–Trinajstić information content (AvgIpc) is 3.08. The van der Waals surface area contributed by atoms with Crippen LogP contribution in [0.1, 0.15) is 26.7 Å². The summed E-state index contributed by atoms with van der Waals surface area (Å²) in [4.78, 5) is 16.6. The molecule has 1 aliphatic rings. The number of anilines is 2. The van der Waals surface area contributed by atoms with Crippen LogP contribution >= 0.6 is 0 Å². The molecule has 6 heteroatoms. The quantitative estimate of drug-likeness (QED) is 0.639. The minimum absolute atomic E-state index is 0.00749. The first-order chi connectivity index (χ1) is 8.49. The van der Waals surface area contributed by atoms with Gasteiger partial charge in [-0.2, -0.15) is 0 Å². The second-order valence-corrected chi connectivity index (χ2v) is 5.11. The van der Waals surface area contributed by atoms with Crippen LogP contribution in [-0.2, 0) is 0 Å². The van der Waals surface area contributed by atoms with Gasteiger partial charge in [-0.3, -0.25) is 10.1 Å². The van der Waals surface area contributed by atoms with Crippen LogP contribution in [0.5, 0.6) is 0 Å². The molecule has 1 aliphatic carbocycles. The lowest BCUT2D eigenvalue weighted by Gasteiger charge is -2.25. The fraction of sp³-hybridized carbons (Fsp3) is 0.583. The highest BCUT2D eigenvalue weighted by atomic mass is 16.6. The second-order valence-electron chi connectivity index (χ2n) is 5.11. The van der Waals surface area contributed by atoms with E-state index >= 15 is 0 Å². The van der Waals surface area contributed by atoms with Gasteiger partial charge < -0.3 is 10.6 Å². The lowest BCUT2D eigenvalue weighted by molar-refractivity contribution is -0.384. The smallest absolute Gasteiger partial charge is 0.311 e. The van der Waals surface area contributed by atoms with Gasteiger partial charge in [-0.05, 0) is 24.8 Å². The Bertz CT molecular complexity index is 457. The minimum Gasteiger partial charge on any atom is -0.378 e. The first-order valence-corrected chi connectivity index (χ1v) is 6.16. The van der Waals surface area contributed by atoms with Crippen LogP contribution in [0.2, 0.25) is 0 Å². The van der Waals surface area contributed by atoms with Crippen LogP contribution in [0.3, 0.4) is 0 Å². The van der Waals surface area contributed by atoms with Gasteiger partial charge in [0.1, 0.15) is 5.82 Å². The molecule has 0 atom stereocenters. The van der Waals surface area contributed by atoms with Gasteiger partial charge in [-0.15, -0.1) is 0 Å². The molecule has 1 heterocycles. The second kappa shape index (κ2) is 4.80. The van der Waals surface area contributed by atoms with E-state index < -0.39 is 4.92 Å². The van der Waals surface area contributed by atoms with Crippen LogP contribution in [0.25, 0.3) is 0 Å². The molecule has 0 bridgehead atoms. The van der Waals surface area contributed by atoms with Gasteiger partial charge in [-0.1, -0.05) is 13.8 Å². The summed E-state index contributed by atoms with van der Waals surface area (Å²) in [6, 6.07) is 3.64. The molecule has 0 spiro atoms. The third-order valence-electron chi connectivity index (χ3n) is 2.93. The minimum atomic E-state index is -0.504. The summed E-state index contributed by atoms with van der Waals surface area (Å²) >= 11 is 0. The third-order valence-corrected chi connectivity index (χ3v) is 2.93. The largest absolute Gasteiger partial charge is 0.378 e. The number of aromatic nitrogens is 1. The summed E-state index contributed by atoms with van der Waals surface area (Å²) in [6.45, 7) is 5.18. The highest BCUT2D eigenvalue weighted by molar-refractivity contribution is 5.58. The zero-order valence-corrected chi connectivity index (χ0v) is 10.7. The predicted octanol–water partition coefficient (Wildman–Crippen LogP) is 2.20. The predicted molar refractivity (Wildman–Crippen MR) is 70.5 cm³/mol. The Hall–Kier alpha value is -1.85. The van der Waals surface area contributed by atoms with Crippen LogP contribution in [0.4, 0.5) is 17.3 Å². The van der Waals surface area contributed by atoms with Gasteiger partial charge in [-0.25, -0.2) is 4.98 Å². The molecule has 0 aliphatic heterocycles. The van der Waals surface area contributed by atoms with Gasteiger partial charge in [0.2, 0.25) is 5.82 Å². The number of nitrogens with two attached hydrogens (primary N) is 1. The van der Waals surface area contributed by atoms with Crippen LogP contribution in [0, 0.1) is 16.0 Å². The SMILES string of the molecule is CC(C)CN(c1ccc([N+](=O)[O-])c(N)n1)C1CC1. The monoisotopic (exact) mass is 250 g/mol. The molecule has 0 saturated heterocycles. The molecular formula is C12H18N4O2. The lowest BCUT2D eigenvalue weighted by Crippen LogP contribution is -2.30. The number of hydrogen-bond donors (Lipinski definition) is 1. The summed E-state index contributed by atoms with van der Waals surface area (Å²) in [5, 5.41) is 10.7. The van der Waals surface area contributed by atoms with Crippen molar-refractivity contribution in [2.75, 3.05) is 17.2 Å². The van der Waals surface area contributed by atoms with Crippen molar-refractivity contribution in [3.8, 4) is 0 Å². The summed E-state index contributed by atoms with van der Waals surface area (Å²) in [7, 11) is 0. The normalized spacial score (nSPS) is 14.8. The molecule has 2 rings (SSSR count). The summed E-state index contributed by atoms with van der Waals surface area (Å²) in [5.74, 6) is 1.25. The number of nitrogens with zero attached hydrogens (tertiary/aromatic N) is 3. The van der Waals surface area contributed by atoms with E-state index in [0.717, 1.165) is 25.2 Å². The number of rotatable bonds is 5. The average molecular weight is 250 g/mol. The Morgan fingerprint density at radius 2 is 2.22 bits per heavy atom. The van der Waals surface area contributed by atoms with Crippen molar-refractivity contribution in [2.45, 2.75) is 32.7 Å². The van der Waals surface area contributed by atoms with E-state index in [4.69, 9.17) is 5.73 Å². The molecule has 1 fully saturated rings. The molecule has 2 N–H and O–H groups in total. The van der Waals surface area contributed by atoms with Crippen LogP contribution in [-0.4, -0.2) is 22.5 Å². The van der Waals surface area contributed by atoms with Crippen molar-refractivity contribution in [3.05, 3.63) is 22.2 Å². The third kappa shape index (κ3) is 2.69. The summed E-state index contributed by atoms with van der Waals surface area (Å²) in [5.41, 5.74) is 5.51. The van der Waals surface area contributed by atoms with E-state index in [0.29, 0.717) is 12.0 Å². The standard InChI is InChI=1S/C12H18N4O2/c1-8(2)7-15(9-3-4-9)11-6-5-10(16(17)18)12(13)14-11/h5-6,8-9H,3-4,7H2,1-2H3,(H2,13,14). The summed E-state index contributed by atoms with van der Waals surface area (Å²) in [6.07, 6.45) is 2.32. The van der Waals surface area contributed by atoms with Gasteiger partial charge in [0.05, 0.1) is 4.92 Å². The molecule has 0 unspecified atom stereocenters. The van der Waals surface area contributed by atoms with Crippen molar-refractivity contribution in [2.24, 2.45) is 5.92 Å². The number of hydrogen-bond acceptors (Lipinski definition) is 5. The number of nitro groups is 1. The number of nitrogen functional groups attached to an aromatic ring is 1. The zero-order valence-electron chi connectivity index (χ0n) is 10.7. The molecule has 1 saturated carbocycles. The van der Waals surface area contributed by atoms with Crippen molar-refractivity contribution in [1.82, 2.24) is 4.98 Å². The molecule has 0 amide bonds. The highest BCUT2D eigenvalue weighted by Crippen LogP contribution is 2.33. The Labute approximate surface area is 106 Å². The Morgan fingerprint density at radius 3 is 2.67 bits per heavy atom. The van der Waals surface area contributed by atoms with Gasteiger partial charge in [0.15, 0.2) is 0 Å². The van der Waals surface area contributed by atoms with E-state index in [1.807, 2.05) is 0 Å². The van der Waals surface area contributed by atoms with Crippen LogP contribution in [0.15, 0.2) is 12.1 Å². The van der Waals surface area contributed by atoms with Gasteiger partial charge in [0.25, 0.3) is 0 Å². The molecule has 6 nitrogen and oxygen atoms in total. The number of pyridine rings is 1. The first-order valence-electron chi connectivity index (χ1n) is 6.16. The van der Waals surface area contributed by atoms with E-state index in [9.17, 15) is 10.1 Å². The first kappa shape index (κ1) is 12.6. The van der Waals surface area contributed by atoms with Crippen molar-refractivity contribution in [1.29, 1.82) is 0 Å². The van der Waals surface area contributed by atoms with Crippen molar-refractivity contribution < 1.29 is 4.92 Å². The molecule has 18 heavy (non-hydrogen) atoms. The maximum atomic E-state index is 10.7. The van der Waals surface area contributed by atoms with E-state index in [1.165, 1.54) is 6.07 Å². The Kier molecular flexibility index (Phi) is 3.36. The molecule has 98 valence electrons. The molecule has 0 radical (unpaired) electrons. The van der Waals surface area contributed by atoms with E-state index in [-0.39, 0.29) is 11.5 Å². The Morgan fingerprint density at radius 1 is 1.56 bits per heavy atom. The van der Waals surface area contributed by atoms with Crippen molar-refractivity contribution in [3.63, 3.8) is 0 Å². The summed E-state index contributed by atoms with van der Waals surface area (Å²) < 4.78 is 0. The van der Waals surface area contributed by atoms with Gasteiger partial charge in [0, 0.05) is 18.7 Å². The molecule has 1 aromatic rings. The fourth-order valence-corrected chi connectivity index (χ4v) is 1.98. The molecular weight excluding hydrogens is 232 g/mol. The lowest BCUT2D eigenvalue weighted by atomic mass is 10.2. The highest BCUT2D eigenvalue weighted by Gasteiger charge is 2.31. The maximum Gasteiger partial charge on any atom is 0.311 e. The molecule has 1 aromatic heterocycles. The van der Waals surface area contributed by atoms with E-state index in [2.05, 4.69) is 23.7 Å². The Balaban J connectivity index is 2.25. The molecule has 0 aromatic carbocycles.